The van der Waals surface area contributed by atoms with Crippen LogP contribution in [0.1, 0.15) is 58.9 Å². The van der Waals surface area contributed by atoms with Crippen molar-refractivity contribution in [2.75, 3.05) is 0 Å². The van der Waals surface area contributed by atoms with Crippen LogP contribution in [-0.4, -0.2) is 35.2 Å². The molecule has 3 aromatic carbocycles. The third-order valence-corrected chi connectivity index (χ3v) is 8.43. The minimum Gasteiger partial charge on any atom is -0.329 e. The van der Waals surface area contributed by atoms with Gasteiger partial charge in [-0.15, -0.1) is 0 Å². The second-order valence-electron chi connectivity index (χ2n) is 10.7. The van der Waals surface area contributed by atoms with Crippen molar-refractivity contribution in [1.29, 1.82) is 0 Å². The Labute approximate surface area is 240 Å². The lowest BCUT2D eigenvalue weighted by molar-refractivity contribution is 0.624. The predicted molar refractivity (Wildman–Crippen MR) is 167 cm³/mol. The molecular formula is C32H24B2F4N4. The highest BCUT2D eigenvalue weighted by Gasteiger charge is 2.30. The molecule has 0 amide bonds. The fourth-order valence-electron chi connectivity index (χ4n) is 6.43. The third-order valence-electron chi connectivity index (χ3n) is 8.43. The van der Waals surface area contributed by atoms with Gasteiger partial charge in [-0.1, -0.05) is 48.5 Å². The van der Waals surface area contributed by atoms with Crippen molar-refractivity contribution < 1.29 is 17.3 Å². The third kappa shape index (κ3) is 3.77. The van der Waals surface area contributed by atoms with E-state index in [1.54, 1.807) is 26.0 Å². The second kappa shape index (κ2) is 9.48. The fourth-order valence-corrected chi connectivity index (χ4v) is 6.43. The molecule has 0 saturated carbocycles. The SMILES string of the molecule is CC1=N/C(=C\c2c3ccccc3c(C)n2B(F)F)c2cc3c(cc21)/C(=C/c1c2ccccc2c(C)n1B(F)F)N=C3C. The molecule has 42 heavy (non-hydrogen) atoms. The molecule has 0 spiro atoms. The molecule has 0 aliphatic carbocycles. The van der Waals surface area contributed by atoms with Gasteiger partial charge in [0.25, 0.3) is 0 Å². The maximum absolute atomic E-state index is 14.2. The molecule has 2 aromatic heterocycles. The summed E-state index contributed by atoms with van der Waals surface area (Å²) in [5.41, 5.74) is 7.83. The van der Waals surface area contributed by atoms with E-state index in [1.165, 1.54) is 0 Å². The van der Waals surface area contributed by atoms with Crippen LogP contribution in [0.25, 0.3) is 45.1 Å². The zero-order chi connectivity index (χ0) is 29.4. The highest BCUT2D eigenvalue weighted by atomic mass is 19.2. The van der Waals surface area contributed by atoms with Gasteiger partial charge < -0.3 is 8.96 Å². The summed E-state index contributed by atoms with van der Waals surface area (Å²) in [6.45, 7) is 7.16. The second-order valence-corrected chi connectivity index (χ2v) is 10.7. The molecule has 5 aromatic rings. The monoisotopic (exact) mass is 562 g/mol. The van der Waals surface area contributed by atoms with Crippen molar-refractivity contribution >= 4 is 71.3 Å². The topological polar surface area (TPSA) is 34.6 Å². The number of hydrogen-bond donors (Lipinski definition) is 0. The van der Waals surface area contributed by atoms with E-state index < -0.39 is 14.8 Å². The molecule has 206 valence electrons. The van der Waals surface area contributed by atoms with E-state index in [1.807, 2.05) is 74.5 Å². The average molecular weight is 562 g/mol. The largest absolute Gasteiger partial charge is 0.677 e. The van der Waals surface area contributed by atoms with E-state index in [9.17, 15) is 17.3 Å². The first kappa shape index (κ1) is 26.3. The number of halogens is 4. The number of aromatic nitrogens is 2. The van der Waals surface area contributed by atoms with Gasteiger partial charge in [0, 0.05) is 78.0 Å². The summed E-state index contributed by atoms with van der Waals surface area (Å²) < 4.78 is 59.0. The average Bonchev–Trinajstić information content (AvgIpc) is 3.63. The van der Waals surface area contributed by atoms with Crippen molar-refractivity contribution in [3.8, 4) is 0 Å². The van der Waals surface area contributed by atoms with Gasteiger partial charge >= 0.3 is 14.8 Å². The van der Waals surface area contributed by atoms with Gasteiger partial charge in [-0.05, 0) is 52.0 Å². The van der Waals surface area contributed by atoms with Crippen LogP contribution in [0.3, 0.4) is 0 Å². The van der Waals surface area contributed by atoms with Crippen molar-refractivity contribution in [3.05, 3.63) is 106 Å². The predicted octanol–water partition coefficient (Wildman–Crippen LogP) is 8.40. The Morgan fingerprint density at radius 1 is 0.548 bits per heavy atom. The first-order chi connectivity index (χ1) is 20.2. The zero-order valence-corrected chi connectivity index (χ0v) is 23.4. The van der Waals surface area contributed by atoms with E-state index in [0.717, 1.165) is 64.2 Å². The van der Waals surface area contributed by atoms with Crippen LogP contribution in [0.2, 0.25) is 0 Å². The van der Waals surface area contributed by atoms with E-state index in [0.29, 0.717) is 34.2 Å². The Bertz CT molecular complexity index is 1950. The Kier molecular flexibility index (Phi) is 5.94. The molecule has 0 radical (unpaired) electrons. The molecule has 4 nitrogen and oxygen atoms in total. The minimum absolute atomic E-state index is 0.402. The highest BCUT2D eigenvalue weighted by molar-refractivity contribution is 6.43. The van der Waals surface area contributed by atoms with Gasteiger partial charge in [0.05, 0.1) is 11.4 Å². The van der Waals surface area contributed by atoms with Crippen LogP contribution in [0.15, 0.2) is 70.6 Å². The summed E-state index contributed by atoms with van der Waals surface area (Å²) in [7, 11) is -5.41. The summed E-state index contributed by atoms with van der Waals surface area (Å²) >= 11 is 0. The molecule has 0 N–H and O–H groups in total. The number of rotatable bonds is 4. The first-order valence-corrected chi connectivity index (χ1v) is 13.6. The number of nitrogens with zero attached hydrogens (tertiary/aromatic N) is 4. The standard InChI is InChI=1S/C32H24B2F4N4/c1-17-25-13-28-26(18(2)40-30(28)16-32-24-12-8-6-10-22(24)20(4)42(32)34(37)38)14-27(25)29(39-17)15-31-23-11-7-5-9-21(23)19(3)41(31)33(35)36/h5-16H,1-4H3/b29-15-,30-16-. The molecule has 0 atom stereocenters. The summed E-state index contributed by atoms with van der Waals surface area (Å²) in [5.74, 6) is 0. The van der Waals surface area contributed by atoms with Gasteiger partial charge in [-0.3, -0.25) is 27.2 Å². The van der Waals surface area contributed by atoms with Crippen LogP contribution in [-0.2, 0) is 0 Å². The number of aliphatic imine (C=N–C) groups is 2. The van der Waals surface area contributed by atoms with Gasteiger partial charge in [-0.2, -0.15) is 0 Å². The van der Waals surface area contributed by atoms with E-state index >= 15 is 0 Å². The number of aryl methyl sites for hydroxylation is 2. The highest BCUT2D eigenvalue weighted by Crippen LogP contribution is 2.40. The minimum atomic E-state index is -2.70. The van der Waals surface area contributed by atoms with Crippen LogP contribution < -0.4 is 0 Å². The lowest BCUT2D eigenvalue weighted by atomic mass is 9.94. The number of hydrogen-bond acceptors (Lipinski definition) is 2. The first-order valence-electron chi connectivity index (χ1n) is 13.6. The van der Waals surface area contributed by atoms with Gasteiger partial charge in [0.1, 0.15) is 0 Å². The molecule has 0 saturated heterocycles. The van der Waals surface area contributed by atoms with Crippen molar-refractivity contribution in [2.45, 2.75) is 27.7 Å². The van der Waals surface area contributed by atoms with Gasteiger partial charge in [0.15, 0.2) is 0 Å². The molecule has 0 fully saturated rings. The van der Waals surface area contributed by atoms with Crippen molar-refractivity contribution in [1.82, 2.24) is 8.96 Å². The Morgan fingerprint density at radius 2 is 0.905 bits per heavy atom. The van der Waals surface area contributed by atoms with Crippen LogP contribution in [0, 0.1) is 13.8 Å². The normalized spacial score (nSPS) is 16.0. The molecule has 4 heterocycles. The zero-order valence-electron chi connectivity index (χ0n) is 23.4. The Morgan fingerprint density at radius 3 is 1.26 bits per heavy atom. The van der Waals surface area contributed by atoms with E-state index in [-0.39, 0.29) is 0 Å². The Hall–Kier alpha value is -4.59. The van der Waals surface area contributed by atoms with Crippen molar-refractivity contribution in [2.24, 2.45) is 9.98 Å². The van der Waals surface area contributed by atoms with Crippen LogP contribution in [0.4, 0.5) is 17.3 Å². The molecular weight excluding hydrogens is 538 g/mol. The Balaban J connectivity index is 1.40. The number of benzene rings is 3. The molecule has 2 aliphatic rings. The van der Waals surface area contributed by atoms with Gasteiger partial charge in [-0.25, -0.2) is 0 Å². The molecule has 2 aliphatic heterocycles. The van der Waals surface area contributed by atoms with Crippen LogP contribution >= 0.6 is 0 Å². The lowest BCUT2D eigenvalue weighted by Crippen LogP contribution is -2.16. The maximum Gasteiger partial charge on any atom is 0.677 e. The summed E-state index contributed by atoms with van der Waals surface area (Å²) in [4.78, 5) is 9.56. The van der Waals surface area contributed by atoms with Crippen LogP contribution in [0.5, 0.6) is 0 Å². The van der Waals surface area contributed by atoms with Gasteiger partial charge in [0.2, 0.25) is 0 Å². The summed E-state index contributed by atoms with van der Waals surface area (Å²) in [6.07, 6.45) is 3.46. The maximum atomic E-state index is 14.2. The van der Waals surface area contributed by atoms with Crippen molar-refractivity contribution in [3.63, 3.8) is 0 Å². The smallest absolute Gasteiger partial charge is 0.329 e. The fraction of sp³-hybridized carbons (Fsp3) is 0.125. The quantitative estimate of drug-likeness (QED) is 0.156. The van der Waals surface area contributed by atoms with E-state index in [2.05, 4.69) is 0 Å². The molecule has 7 rings (SSSR count). The molecule has 0 bridgehead atoms. The molecule has 0 unspecified atom stereocenters. The number of fused-ring (bicyclic) bond motifs is 4. The van der Waals surface area contributed by atoms with E-state index in [4.69, 9.17) is 9.98 Å². The molecule has 10 heteroatoms. The summed E-state index contributed by atoms with van der Waals surface area (Å²) in [5, 5.41) is 3.01. The lowest BCUT2D eigenvalue weighted by Gasteiger charge is -2.09. The summed E-state index contributed by atoms with van der Waals surface area (Å²) in [6, 6.07) is 18.7.